The van der Waals surface area contributed by atoms with E-state index in [0.717, 1.165) is 11.1 Å². The highest BCUT2D eigenvalue weighted by Crippen LogP contribution is 2.33. The van der Waals surface area contributed by atoms with E-state index in [2.05, 4.69) is 5.32 Å². The molecule has 2 amide bonds. The maximum atomic E-state index is 12.4. The highest BCUT2D eigenvalue weighted by molar-refractivity contribution is 5.98. The van der Waals surface area contributed by atoms with Gasteiger partial charge in [0.15, 0.2) is 12.4 Å². The predicted octanol–water partition coefficient (Wildman–Crippen LogP) is 3.34. The van der Waals surface area contributed by atoms with Crippen molar-refractivity contribution in [1.82, 2.24) is 4.90 Å². The second kappa shape index (κ2) is 9.17. The molecular formula is C23H22N2O5. The van der Waals surface area contributed by atoms with Crippen LogP contribution in [0, 0.1) is 0 Å². The van der Waals surface area contributed by atoms with Crippen molar-refractivity contribution in [2.24, 2.45) is 0 Å². The van der Waals surface area contributed by atoms with Gasteiger partial charge in [0.1, 0.15) is 0 Å². The van der Waals surface area contributed by atoms with Crippen molar-refractivity contribution in [3.63, 3.8) is 0 Å². The molecule has 7 nitrogen and oxygen atoms in total. The molecule has 0 bridgehead atoms. The third-order valence-electron chi connectivity index (χ3n) is 4.72. The SMILES string of the molecule is CC(=O)Nc1ccc(C(=O)COC(=O)C[C@@H]2c3ccccc3C=CN2C(C)=O)cc1. The van der Waals surface area contributed by atoms with Crippen LogP contribution in [-0.2, 0) is 19.1 Å². The summed E-state index contributed by atoms with van der Waals surface area (Å²) in [5, 5.41) is 2.61. The number of esters is 1. The number of nitrogens with one attached hydrogen (secondary N) is 1. The van der Waals surface area contributed by atoms with Crippen molar-refractivity contribution in [3.05, 3.63) is 71.4 Å². The Balaban J connectivity index is 1.62. The molecule has 1 atom stereocenters. The molecule has 3 rings (SSSR count). The van der Waals surface area contributed by atoms with Crippen molar-refractivity contribution < 1.29 is 23.9 Å². The summed E-state index contributed by atoms with van der Waals surface area (Å²) in [6, 6.07) is 13.4. The number of amides is 2. The summed E-state index contributed by atoms with van der Waals surface area (Å²) in [6.45, 7) is 2.43. The van der Waals surface area contributed by atoms with Gasteiger partial charge in [-0.3, -0.25) is 19.2 Å². The molecule has 1 N–H and O–H groups in total. The highest BCUT2D eigenvalue weighted by Gasteiger charge is 2.29. The van der Waals surface area contributed by atoms with E-state index in [1.807, 2.05) is 30.3 Å². The molecule has 0 saturated carbocycles. The lowest BCUT2D eigenvalue weighted by Crippen LogP contribution is -2.32. The van der Waals surface area contributed by atoms with E-state index in [4.69, 9.17) is 4.74 Å². The van der Waals surface area contributed by atoms with Gasteiger partial charge in [0.2, 0.25) is 11.8 Å². The maximum Gasteiger partial charge on any atom is 0.308 e. The van der Waals surface area contributed by atoms with Crippen LogP contribution in [0.4, 0.5) is 5.69 Å². The van der Waals surface area contributed by atoms with E-state index < -0.39 is 18.6 Å². The van der Waals surface area contributed by atoms with Crippen LogP contribution in [0.2, 0.25) is 0 Å². The van der Waals surface area contributed by atoms with Gasteiger partial charge in [-0.1, -0.05) is 24.3 Å². The van der Waals surface area contributed by atoms with Crippen LogP contribution in [0.5, 0.6) is 0 Å². The number of anilines is 1. The predicted molar refractivity (Wildman–Crippen MR) is 111 cm³/mol. The number of rotatable bonds is 6. The van der Waals surface area contributed by atoms with Crippen LogP contribution in [0.25, 0.3) is 6.08 Å². The largest absolute Gasteiger partial charge is 0.457 e. The minimum Gasteiger partial charge on any atom is -0.457 e. The molecule has 0 saturated heterocycles. The quantitative estimate of drug-likeness (QED) is 0.587. The first-order valence-electron chi connectivity index (χ1n) is 9.47. The van der Waals surface area contributed by atoms with Gasteiger partial charge in [0.25, 0.3) is 0 Å². The minimum absolute atomic E-state index is 0.0598. The van der Waals surface area contributed by atoms with E-state index in [0.29, 0.717) is 11.3 Å². The lowest BCUT2D eigenvalue weighted by Gasteiger charge is -2.32. The molecule has 7 heteroatoms. The molecule has 0 aliphatic carbocycles. The molecule has 2 aromatic carbocycles. The van der Waals surface area contributed by atoms with Gasteiger partial charge in [-0.2, -0.15) is 0 Å². The van der Waals surface area contributed by atoms with E-state index in [-0.39, 0.29) is 24.0 Å². The first-order valence-corrected chi connectivity index (χ1v) is 9.47. The van der Waals surface area contributed by atoms with Crippen LogP contribution >= 0.6 is 0 Å². The fourth-order valence-electron chi connectivity index (χ4n) is 3.30. The molecule has 0 unspecified atom stereocenters. The molecule has 0 radical (unpaired) electrons. The Morgan fingerprint density at radius 2 is 1.70 bits per heavy atom. The standard InChI is InChI=1S/C23H22N2O5/c1-15(26)24-19-9-7-18(8-10-19)22(28)14-30-23(29)13-21-20-6-4-3-5-17(20)11-12-25(21)16(2)27/h3-12,21H,13-14H2,1-2H3,(H,24,26)/t21-/m1/s1. The number of benzene rings is 2. The average Bonchev–Trinajstić information content (AvgIpc) is 2.72. The zero-order valence-electron chi connectivity index (χ0n) is 16.8. The monoisotopic (exact) mass is 406 g/mol. The summed E-state index contributed by atoms with van der Waals surface area (Å²) in [6.07, 6.45) is 3.42. The van der Waals surface area contributed by atoms with E-state index in [1.54, 1.807) is 30.5 Å². The van der Waals surface area contributed by atoms with Gasteiger partial charge in [-0.05, 0) is 41.5 Å². The molecule has 1 heterocycles. The van der Waals surface area contributed by atoms with Gasteiger partial charge >= 0.3 is 5.97 Å². The number of nitrogens with zero attached hydrogens (tertiary/aromatic N) is 1. The lowest BCUT2D eigenvalue weighted by molar-refractivity contribution is -0.144. The van der Waals surface area contributed by atoms with Crippen molar-refractivity contribution >= 4 is 35.3 Å². The van der Waals surface area contributed by atoms with Gasteiger partial charge in [0, 0.05) is 31.3 Å². The number of fused-ring (bicyclic) bond motifs is 1. The first-order chi connectivity index (χ1) is 14.3. The Morgan fingerprint density at radius 3 is 2.37 bits per heavy atom. The van der Waals surface area contributed by atoms with E-state index in [1.165, 1.54) is 18.7 Å². The summed E-state index contributed by atoms with van der Waals surface area (Å²) in [7, 11) is 0. The normalized spacial score (nSPS) is 14.6. The molecule has 154 valence electrons. The third kappa shape index (κ3) is 5.00. The smallest absolute Gasteiger partial charge is 0.308 e. The molecule has 0 spiro atoms. The summed E-state index contributed by atoms with van der Waals surface area (Å²) >= 11 is 0. The zero-order chi connectivity index (χ0) is 21.7. The minimum atomic E-state index is -0.570. The Hall–Kier alpha value is -3.74. The second-order valence-electron chi connectivity index (χ2n) is 6.93. The van der Waals surface area contributed by atoms with Crippen molar-refractivity contribution in [2.45, 2.75) is 26.3 Å². The first kappa shape index (κ1) is 21.0. The van der Waals surface area contributed by atoms with Crippen molar-refractivity contribution in [3.8, 4) is 0 Å². The number of hydrogen-bond donors (Lipinski definition) is 1. The van der Waals surface area contributed by atoms with Crippen molar-refractivity contribution in [1.29, 1.82) is 0 Å². The Labute approximate surface area is 174 Å². The summed E-state index contributed by atoms with van der Waals surface area (Å²) in [5.74, 6) is -1.32. The van der Waals surface area contributed by atoms with E-state index >= 15 is 0 Å². The van der Waals surface area contributed by atoms with Crippen molar-refractivity contribution in [2.75, 3.05) is 11.9 Å². The number of carbonyl (C=O) groups excluding carboxylic acids is 4. The van der Waals surface area contributed by atoms with Gasteiger partial charge in [-0.15, -0.1) is 0 Å². The molecule has 0 fully saturated rings. The van der Waals surface area contributed by atoms with Crippen LogP contribution in [0.3, 0.4) is 0 Å². The fraction of sp³-hybridized carbons (Fsp3) is 0.217. The Morgan fingerprint density at radius 1 is 1.00 bits per heavy atom. The average molecular weight is 406 g/mol. The lowest BCUT2D eigenvalue weighted by atomic mass is 9.94. The van der Waals surface area contributed by atoms with Crippen LogP contribution < -0.4 is 5.32 Å². The molecule has 2 aromatic rings. The second-order valence-corrected chi connectivity index (χ2v) is 6.93. The number of hydrogen-bond acceptors (Lipinski definition) is 5. The van der Waals surface area contributed by atoms with Gasteiger partial charge in [-0.25, -0.2) is 0 Å². The zero-order valence-corrected chi connectivity index (χ0v) is 16.8. The topological polar surface area (TPSA) is 92.8 Å². The molecular weight excluding hydrogens is 384 g/mol. The number of Topliss-reactive ketones (excluding diaryl/α,β-unsaturated/α-hetero) is 1. The summed E-state index contributed by atoms with van der Waals surface area (Å²) in [5.41, 5.74) is 2.73. The molecule has 1 aliphatic heterocycles. The number of ketones is 1. The van der Waals surface area contributed by atoms with E-state index in [9.17, 15) is 19.2 Å². The number of carbonyl (C=O) groups is 4. The molecule has 0 aromatic heterocycles. The molecule has 1 aliphatic rings. The Bertz CT molecular complexity index is 1010. The van der Waals surface area contributed by atoms with Gasteiger partial charge < -0.3 is 15.0 Å². The number of ether oxygens (including phenoxy) is 1. The summed E-state index contributed by atoms with van der Waals surface area (Å²) < 4.78 is 5.18. The Kier molecular flexibility index (Phi) is 6.41. The summed E-state index contributed by atoms with van der Waals surface area (Å²) in [4.78, 5) is 49.3. The van der Waals surface area contributed by atoms with Gasteiger partial charge in [0.05, 0.1) is 12.5 Å². The van der Waals surface area contributed by atoms with Crippen LogP contribution in [-0.4, -0.2) is 35.1 Å². The fourth-order valence-corrected chi connectivity index (χ4v) is 3.30. The maximum absolute atomic E-state index is 12.4. The molecule has 30 heavy (non-hydrogen) atoms. The highest BCUT2D eigenvalue weighted by atomic mass is 16.5. The third-order valence-corrected chi connectivity index (χ3v) is 4.72. The van der Waals surface area contributed by atoms with Crippen LogP contribution in [0.15, 0.2) is 54.7 Å². The van der Waals surface area contributed by atoms with Crippen LogP contribution in [0.1, 0.15) is 47.8 Å².